The topological polar surface area (TPSA) is 120 Å². The van der Waals surface area contributed by atoms with Gasteiger partial charge in [-0.15, -0.1) is 0 Å². The van der Waals surface area contributed by atoms with Gasteiger partial charge in [0.05, 0.1) is 24.5 Å². The first-order chi connectivity index (χ1) is 28.1. The fourth-order valence-corrected chi connectivity index (χ4v) is 8.45. The summed E-state index contributed by atoms with van der Waals surface area (Å²) in [6.07, 6.45) is 0.843. The minimum Gasteiger partial charge on any atom is -0.508 e. The average Bonchev–Trinajstić information content (AvgIpc) is 3.55. The van der Waals surface area contributed by atoms with Gasteiger partial charge in [0.2, 0.25) is 0 Å². The number of aromatic nitrogens is 1. The smallest absolute Gasteiger partial charge is 0.415 e. The standard InChI is InChI=1S/C46H50N6O6/c1-30-38(44(54)49(4)35-13-15-37(53)16-14-35)26-42(48(30)3)39-24-32-17-18-51(46(56)58-43-12-8-7-11-41(43)47-2)27-34(32)25-40(39)45(55)52-28-33-10-6-5-9-31(33)23-36(52)29-50-19-21-57-22-20-50/h5-16,24-26,36,47,53H,17-23,27-29H2,1-4H3/t36-/m0/s1. The number of aromatic hydroxyl groups is 1. The molecule has 58 heavy (non-hydrogen) atoms. The molecule has 0 radical (unpaired) electrons. The van der Waals surface area contributed by atoms with E-state index < -0.39 is 6.09 Å². The van der Waals surface area contributed by atoms with Crippen molar-refractivity contribution >= 4 is 29.3 Å². The highest BCUT2D eigenvalue weighted by molar-refractivity contribution is 6.08. The molecule has 300 valence electrons. The molecule has 5 aromatic rings. The summed E-state index contributed by atoms with van der Waals surface area (Å²) in [5, 5.41) is 12.9. The quantitative estimate of drug-likeness (QED) is 0.184. The molecular formula is C46H50N6O6. The maximum Gasteiger partial charge on any atom is 0.415 e. The first-order valence-electron chi connectivity index (χ1n) is 19.9. The number of amides is 3. The van der Waals surface area contributed by atoms with Gasteiger partial charge in [0.15, 0.2) is 5.75 Å². The Morgan fingerprint density at radius 1 is 0.862 bits per heavy atom. The van der Waals surface area contributed by atoms with Crippen LogP contribution in [0.5, 0.6) is 11.5 Å². The largest absolute Gasteiger partial charge is 0.508 e. The molecule has 8 rings (SSSR count). The van der Waals surface area contributed by atoms with Crippen molar-refractivity contribution in [3.63, 3.8) is 0 Å². The zero-order valence-electron chi connectivity index (χ0n) is 33.5. The van der Waals surface area contributed by atoms with Crippen molar-refractivity contribution in [1.82, 2.24) is 19.3 Å². The summed E-state index contributed by atoms with van der Waals surface area (Å²) in [7, 11) is 5.42. The van der Waals surface area contributed by atoms with Crippen molar-refractivity contribution < 1.29 is 29.0 Å². The molecule has 4 heterocycles. The van der Waals surface area contributed by atoms with Crippen LogP contribution in [0.4, 0.5) is 16.2 Å². The van der Waals surface area contributed by atoms with E-state index in [0.29, 0.717) is 61.0 Å². The Balaban J connectivity index is 1.19. The Morgan fingerprint density at radius 3 is 2.34 bits per heavy atom. The van der Waals surface area contributed by atoms with Gasteiger partial charge in [-0.1, -0.05) is 36.4 Å². The van der Waals surface area contributed by atoms with Crippen molar-refractivity contribution in [3.05, 3.63) is 130 Å². The highest BCUT2D eigenvalue weighted by atomic mass is 16.6. The number of fused-ring (bicyclic) bond motifs is 2. The fraction of sp³-hybridized carbons (Fsp3) is 0.326. The lowest BCUT2D eigenvalue weighted by Gasteiger charge is -2.41. The van der Waals surface area contributed by atoms with Crippen LogP contribution >= 0.6 is 0 Å². The molecule has 0 saturated carbocycles. The lowest BCUT2D eigenvalue weighted by Crippen LogP contribution is -2.52. The van der Waals surface area contributed by atoms with Crippen LogP contribution in [0.3, 0.4) is 0 Å². The van der Waals surface area contributed by atoms with Crippen molar-refractivity contribution in [3.8, 4) is 22.8 Å². The Hall–Kier alpha value is -6.11. The van der Waals surface area contributed by atoms with Gasteiger partial charge >= 0.3 is 6.09 Å². The van der Waals surface area contributed by atoms with Crippen molar-refractivity contribution in [2.75, 3.05) is 63.7 Å². The molecule has 3 amide bonds. The number of nitrogens with zero attached hydrogens (tertiary/aromatic N) is 5. The molecule has 0 unspecified atom stereocenters. The second kappa shape index (κ2) is 16.4. The van der Waals surface area contributed by atoms with Gasteiger partial charge < -0.3 is 39.2 Å². The maximum atomic E-state index is 15.4. The normalized spacial score (nSPS) is 16.7. The first-order valence-corrected chi connectivity index (χ1v) is 19.9. The van der Waals surface area contributed by atoms with Gasteiger partial charge in [-0.05, 0) is 96.6 Å². The number of phenolic OH excluding ortho intramolecular Hbond substituents is 1. The van der Waals surface area contributed by atoms with Gasteiger partial charge in [-0.25, -0.2) is 4.79 Å². The third-order valence-corrected chi connectivity index (χ3v) is 12.0. The van der Waals surface area contributed by atoms with E-state index in [4.69, 9.17) is 9.47 Å². The van der Waals surface area contributed by atoms with Crippen LogP contribution in [0.1, 0.15) is 48.7 Å². The lowest BCUT2D eigenvalue weighted by atomic mass is 9.89. The van der Waals surface area contributed by atoms with E-state index in [1.54, 1.807) is 54.2 Å². The molecule has 12 nitrogen and oxygen atoms in total. The summed E-state index contributed by atoms with van der Waals surface area (Å²) in [6, 6.07) is 28.1. The van der Waals surface area contributed by atoms with Crippen LogP contribution in [-0.4, -0.2) is 102 Å². The summed E-state index contributed by atoms with van der Waals surface area (Å²) in [5.41, 5.74) is 8.94. The van der Waals surface area contributed by atoms with Gasteiger partial charge in [0.1, 0.15) is 5.75 Å². The number of hydrogen-bond donors (Lipinski definition) is 2. The molecule has 12 heteroatoms. The molecule has 2 N–H and O–H groups in total. The number of benzene rings is 4. The summed E-state index contributed by atoms with van der Waals surface area (Å²) in [6.45, 7) is 6.79. The summed E-state index contributed by atoms with van der Waals surface area (Å²) >= 11 is 0. The zero-order valence-corrected chi connectivity index (χ0v) is 33.5. The van der Waals surface area contributed by atoms with Crippen molar-refractivity contribution in [1.29, 1.82) is 0 Å². The van der Waals surface area contributed by atoms with E-state index >= 15 is 4.79 Å². The highest BCUT2D eigenvalue weighted by Gasteiger charge is 2.35. The highest BCUT2D eigenvalue weighted by Crippen LogP contribution is 2.36. The average molecular weight is 783 g/mol. The Bertz CT molecular complexity index is 2350. The van der Waals surface area contributed by atoms with Crippen LogP contribution in [0.2, 0.25) is 0 Å². The molecule has 0 aliphatic carbocycles. The molecule has 0 bridgehead atoms. The van der Waals surface area contributed by atoms with Gasteiger partial charge in [-0.3, -0.25) is 14.5 Å². The Labute approximate surface area is 339 Å². The van der Waals surface area contributed by atoms with E-state index in [9.17, 15) is 14.7 Å². The van der Waals surface area contributed by atoms with E-state index in [1.807, 2.05) is 59.8 Å². The Kier molecular flexibility index (Phi) is 11.0. The number of morpholine rings is 1. The first kappa shape index (κ1) is 38.7. The van der Waals surface area contributed by atoms with Crippen LogP contribution in [0, 0.1) is 6.92 Å². The SMILES string of the molecule is CNc1ccccc1OC(=O)N1CCc2cc(-c3cc(C(=O)N(C)c4ccc(O)cc4)c(C)n3C)c(C(=O)N3Cc4ccccc4C[C@H]3CN3CCOCC3)cc2C1. The van der Waals surface area contributed by atoms with Gasteiger partial charge in [0.25, 0.3) is 11.8 Å². The van der Waals surface area contributed by atoms with E-state index in [1.165, 1.54) is 5.56 Å². The number of carbonyl (C=O) groups excluding carboxylic acids is 3. The number of hydrogen-bond acceptors (Lipinski definition) is 8. The Morgan fingerprint density at radius 2 is 1.59 bits per heavy atom. The number of anilines is 2. The van der Waals surface area contributed by atoms with Crippen LogP contribution < -0.4 is 15.0 Å². The minimum absolute atomic E-state index is 0.0747. The molecule has 1 atom stereocenters. The zero-order chi connectivity index (χ0) is 40.5. The molecule has 1 aromatic heterocycles. The van der Waals surface area contributed by atoms with E-state index in [0.717, 1.165) is 59.7 Å². The van der Waals surface area contributed by atoms with Crippen molar-refractivity contribution in [2.45, 2.75) is 38.9 Å². The molecule has 3 aliphatic heterocycles. The number of phenols is 1. The van der Waals surface area contributed by atoms with E-state index in [2.05, 4.69) is 34.5 Å². The second-order valence-electron chi connectivity index (χ2n) is 15.4. The molecule has 3 aliphatic rings. The van der Waals surface area contributed by atoms with Crippen LogP contribution in [0.15, 0.2) is 91.0 Å². The molecule has 1 saturated heterocycles. The van der Waals surface area contributed by atoms with Crippen LogP contribution in [-0.2, 0) is 37.7 Å². The molecule has 0 spiro atoms. The third kappa shape index (κ3) is 7.65. The van der Waals surface area contributed by atoms with Crippen molar-refractivity contribution in [2.24, 2.45) is 7.05 Å². The summed E-state index contributed by atoms with van der Waals surface area (Å²) in [5.74, 6) is 0.268. The number of para-hydroxylation sites is 2. The lowest BCUT2D eigenvalue weighted by molar-refractivity contribution is 0.0193. The number of carbonyl (C=O) groups is 3. The fourth-order valence-electron chi connectivity index (χ4n) is 8.45. The second-order valence-corrected chi connectivity index (χ2v) is 15.4. The monoisotopic (exact) mass is 782 g/mol. The predicted octanol–water partition coefficient (Wildman–Crippen LogP) is 6.48. The molecule has 1 fully saturated rings. The summed E-state index contributed by atoms with van der Waals surface area (Å²) < 4.78 is 13.5. The predicted molar refractivity (Wildman–Crippen MR) is 224 cm³/mol. The van der Waals surface area contributed by atoms with Gasteiger partial charge in [0, 0.05) is 94.7 Å². The number of nitrogens with one attached hydrogen (secondary N) is 1. The van der Waals surface area contributed by atoms with E-state index in [-0.39, 0.29) is 30.2 Å². The number of ether oxygens (including phenoxy) is 2. The summed E-state index contributed by atoms with van der Waals surface area (Å²) in [4.78, 5) is 50.7. The van der Waals surface area contributed by atoms with Gasteiger partial charge in [-0.2, -0.15) is 0 Å². The molecular weight excluding hydrogens is 733 g/mol. The third-order valence-electron chi connectivity index (χ3n) is 12.0. The minimum atomic E-state index is -0.456. The number of rotatable bonds is 8. The van der Waals surface area contributed by atoms with Crippen LogP contribution in [0.25, 0.3) is 11.3 Å². The molecule has 4 aromatic carbocycles. The maximum absolute atomic E-state index is 15.4.